The average Bonchev–Trinajstić information content (AvgIpc) is 3.59. The molecular weight excluding hydrogens is 596 g/mol. The zero-order valence-corrected chi connectivity index (χ0v) is 25.0. The van der Waals surface area contributed by atoms with Crippen LogP contribution in [-0.4, -0.2) is 38.3 Å². The monoisotopic (exact) mass is 624 g/mol. The van der Waals surface area contributed by atoms with Gasteiger partial charge < -0.3 is 10.1 Å². The van der Waals surface area contributed by atoms with E-state index in [1.807, 2.05) is 37.6 Å². The van der Waals surface area contributed by atoms with E-state index in [1.165, 1.54) is 46.6 Å². The zero-order valence-electron chi connectivity index (χ0n) is 24.2. The quantitative estimate of drug-likeness (QED) is 0.194. The maximum atomic E-state index is 15.0. The summed E-state index contributed by atoms with van der Waals surface area (Å²) >= 11 is 1.34. The predicted octanol–water partition coefficient (Wildman–Crippen LogP) is 7.24. The van der Waals surface area contributed by atoms with Crippen LogP contribution in [0, 0.1) is 27.7 Å². The van der Waals surface area contributed by atoms with Gasteiger partial charge in [0.1, 0.15) is 18.2 Å². The van der Waals surface area contributed by atoms with Gasteiger partial charge in [-0.15, -0.1) is 29.6 Å². The van der Waals surface area contributed by atoms with Crippen molar-refractivity contribution < 1.29 is 27.1 Å². The number of urea groups is 1. The molecule has 0 radical (unpaired) electrons. The minimum absolute atomic E-state index is 0.268. The molecule has 0 aliphatic heterocycles. The Kier molecular flexibility index (Phi) is 8.68. The van der Waals surface area contributed by atoms with Gasteiger partial charge in [0.2, 0.25) is 0 Å². The number of thiazole rings is 1. The molecule has 0 aliphatic rings. The van der Waals surface area contributed by atoms with Crippen molar-refractivity contribution in [2.45, 2.75) is 40.2 Å². The van der Waals surface area contributed by atoms with Crippen LogP contribution in [0.2, 0.25) is 0 Å². The number of halogens is 4. The number of alkyl halides is 4. The summed E-state index contributed by atoms with van der Waals surface area (Å²) < 4.78 is 59.5. The van der Waals surface area contributed by atoms with E-state index in [4.69, 9.17) is 0 Å². The highest BCUT2D eigenvalue weighted by Crippen LogP contribution is 2.25. The maximum Gasteiger partial charge on any atom is 0.573 e. The molecule has 13 heteroatoms. The molecule has 0 saturated heterocycles. The van der Waals surface area contributed by atoms with E-state index in [-0.39, 0.29) is 12.3 Å². The number of nitrogens with one attached hydrogen (secondary N) is 1. The third kappa shape index (κ3) is 7.05. The summed E-state index contributed by atoms with van der Waals surface area (Å²) in [5.74, 6) is -0.00577. The molecule has 1 unspecified atom stereocenters. The van der Waals surface area contributed by atoms with Gasteiger partial charge in [-0.1, -0.05) is 42.0 Å². The lowest BCUT2D eigenvalue weighted by Gasteiger charge is -2.14. The molecule has 2 aromatic heterocycles. The summed E-state index contributed by atoms with van der Waals surface area (Å²) in [6.45, 7) is 7.74. The van der Waals surface area contributed by atoms with E-state index in [0.29, 0.717) is 27.4 Å². The Hall–Kier alpha value is -4.78. The molecule has 44 heavy (non-hydrogen) atoms. The highest BCUT2D eigenvalue weighted by Gasteiger charge is 2.31. The largest absolute Gasteiger partial charge is 0.573 e. The van der Waals surface area contributed by atoms with Gasteiger partial charge in [0.05, 0.1) is 17.9 Å². The third-order valence-corrected chi connectivity index (χ3v) is 7.67. The second-order valence-corrected chi connectivity index (χ2v) is 11.0. The van der Waals surface area contributed by atoms with Gasteiger partial charge in [-0.2, -0.15) is 4.99 Å². The number of carbonyl (C=O) groups excluding carboxylic acids is 1. The van der Waals surface area contributed by atoms with E-state index in [9.17, 15) is 18.0 Å². The van der Waals surface area contributed by atoms with Gasteiger partial charge in [0.25, 0.3) is 0 Å². The van der Waals surface area contributed by atoms with Gasteiger partial charge >= 0.3 is 12.4 Å². The predicted molar refractivity (Wildman–Crippen MR) is 159 cm³/mol. The SMILES string of the molecule is Cc1cc(C)c(-n2c(C)cs/c2=N\C(=O)NCC(F)c2ccc(-c3ncn(-c4ccc(OC(F)(F)F)cc4)n3)cc2)c(C)c1. The lowest BCUT2D eigenvalue weighted by atomic mass is 10.0. The number of hydrogen-bond acceptors (Lipinski definition) is 5. The number of amides is 2. The first-order chi connectivity index (χ1) is 20.9. The number of nitrogens with zero attached hydrogens (tertiary/aromatic N) is 5. The van der Waals surface area contributed by atoms with Crippen LogP contribution in [0.5, 0.6) is 5.75 Å². The molecular formula is C31H28F4N6O2S. The Morgan fingerprint density at radius 3 is 2.32 bits per heavy atom. The van der Waals surface area contributed by atoms with Gasteiger partial charge in [-0.3, -0.25) is 4.57 Å². The lowest BCUT2D eigenvalue weighted by molar-refractivity contribution is -0.274. The first-order valence-electron chi connectivity index (χ1n) is 13.5. The third-order valence-electron chi connectivity index (χ3n) is 6.72. The summed E-state index contributed by atoms with van der Waals surface area (Å²) in [4.78, 5) is 21.6. The van der Waals surface area contributed by atoms with E-state index >= 15 is 4.39 Å². The van der Waals surface area contributed by atoms with Crippen molar-refractivity contribution in [3.63, 3.8) is 0 Å². The Labute approximate surface area is 254 Å². The van der Waals surface area contributed by atoms with Crippen LogP contribution < -0.4 is 14.9 Å². The zero-order chi connectivity index (χ0) is 31.6. The number of carbonyl (C=O) groups is 1. The molecule has 2 heterocycles. The van der Waals surface area contributed by atoms with Gasteiger partial charge in [-0.05, 0) is 68.7 Å². The Balaban J connectivity index is 1.23. The van der Waals surface area contributed by atoms with E-state index in [0.717, 1.165) is 28.1 Å². The highest BCUT2D eigenvalue weighted by molar-refractivity contribution is 7.07. The normalized spacial score (nSPS) is 12.8. The van der Waals surface area contributed by atoms with Crippen LogP contribution in [0.1, 0.15) is 34.1 Å². The summed E-state index contributed by atoms with van der Waals surface area (Å²) in [6.07, 6.45) is -4.84. The molecule has 2 amide bonds. The summed E-state index contributed by atoms with van der Waals surface area (Å²) in [7, 11) is 0. The van der Waals surface area contributed by atoms with Crippen molar-refractivity contribution in [2.24, 2.45) is 4.99 Å². The molecule has 0 saturated carbocycles. The fourth-order valence-corrected chi connectivity index (χ4v) is 5.71. The Morgan fingerprint density at radius 2 is 1.68 bits per heavy atom. The van der Waals surface area contributed by atoms with Crippen molar-refractivity contribution >= 4 is 17.4 Å². The van der Waals surface area contributed by atoms with Crippen LogP contribution in [0.25, 0.3) is 22.8 Å². The van der Waals surface area contributed by atoms with Crippen molar-refractivity contribution in [1.82, 2.24) is 24.6 Å². The van der Waals surface area contributed by atoms with Crippen LogP contribution in [0.4, 0.5) is 22.4 Å². The standard InChI is InChI=1S/C31H28F4N6O2S/c1-18-13-19(2)27(20(3)14-18)41-21(4)16-44-30(41)38-29(42)36-15-26(32)22-5-7-23(8-6-22)28-37-17-40(39-28)24-9-11-25(12-10-24)43-31(33,34)35/h5-14,16-17,26H,15H2,1-4H3,(H,36,42)/b38-30-. The molecule has 228 valence electrons. The van der Waals surface area contributed by atoms with Gasteiger partial charge in [0, 0.05) is 16.6 Å². The number of aryl methyl sites for hydroxylation is 4. The number of rotatable bonds is 7. The highest BCUT2D eigenvalue weighted by atomic mass is 32.1. The van der Waals surface area contributed by atoms with Crippen LogP contribution in [-0.2, 0) is 0 Å². The molecule has 1 atom stereocenters. The van der Waals surface area contributed by atoms with E-state index in [1.54, 1.807) is 24.3 Å². The van der Waals surface area contributed by atoms with Crippen LogP contribution >= 0.6 is 11.3 Å². The van der Waals surface area contributed by atoms with E-state index in [2.05, 4.69) is 37.3 Å². The molecule has 0 spiro atoms. The minimum atomic E-state index is -4.78. The van der Waals surface area contributed by atoms with Crippen LogP contribution in [0.15, 0.2) is 77.4 Å². The van der Waals surface area contributed by atoms with Gasteiger partial charge in [0.15, 0.2) is 10.6 Å². The number of benzene rings is 3. The molecule has 0 bridgehead atoms. The van der Waals surface area contributed by atoms with Crippen molar-refractivity contribution in [3.05, 3.63) is 105 Å². The number of aromatic nitrogens is 4. The molecule has 8 nitrogen and oxygen atoms in total. The summed E-state index contributed by atoms with van der Waals surface area (Å²) in [6, 6.07) is 15.2. The maximum absolute atomic E-state index is 15.0. The second kappa shape index (κ2) is 12.4. The molecule has 3 aromatic carbocycles. The fraction of sp³-hybridized carbons (Fsp3) is 0.226. The van der Waals surface area contributed by atoms with Gasteiger partial charge in [-0.25, -0.2) is 18.9 Å². The number of ether oxygens (including phenoxy) is 1. The molecule has 0 aliphatic carbocycles. The summed E-state index contributed by atoms with van der Waals surface area (Å²) in [5.41, 5.74) is 6.62. The average molecular weight is 625 g/mol. The molecule has 0 fully saturated rings. The lowest BCUT2D eigenvalue weighted by Crippen LogP contribution is -2.27. The van der Waals surface area contributed by atoms with Crippen LogP contribution in [0.3, 0.4) is 0 Å². The first kappa shape index (κ1) is 30.7. The fourth-order valence-electron chi connectivity index (χ4n) is 4.85. The van der Waals surface area contributed by atoms with E-state index < -0.39 is 18.6 Å². The molecule has 5 aromatic rings. The molecule has 1 N–H and O–H groups in total. The summed E-state index contributed by atoms with van der Waals surface area (Å²) in [5, 5.41) is 8.83. The van der Waals surface area contributed by atoms with Crippen molar-refractivity contribution in [2.75, 3.05) is 6.54 Å². The van der Waals surface area contributed by atoms with Crippen molar-refractivity contribution in [3.8, 4) is 28.5 Å². The first-order valence-corrected chi connectivity index (χ1v) is 14.4. The second-order valence-electron chi connectivity index (χ2n) is 10.2. The Bertz CT molecular complexity index is 1830. The number of hydrogen-bond donors (Lipinski definition) is 1. The minimum Gasteiger partial charge on any atom is -0.406 e. The molecule has 5 rings (SSSR count). The topological polar surface area (TPSA) is 86.3 Å². The van der Waals surface area contributed by atoms with Crippen molar-refractivity contribution in [1.29, 1.82) is 0 Å². The smallest absolute Gasteiger partial charge is 0.406 e. The Morgan fingerprint density at radius 1 is 1.02 bits per heavy atom.